The van der Waals surface area contributed by atoms with Crippen molar-refractivity contribution in [1.29, 1.82) is 0 Å². The zero-order valence-electron chi connectivity index (χ0n) is 9.41. The second-order valence-electron chi connectivity index (χ2n) is 3.89. The second-order valence-corrected chi connectivity index (χ2v) is 5.37. The molecule has 1 aromatic carbocycles. The van der Waals surface area contributed by atoms with Crippen molar-refractivity contribution in [3.8, 4) is 0 Å². The summed E-state index contributed by atoms with van der Waals surface area (Å²) in [5, 5.41) is 0. The summed E-state index contributed by atoms with van der Waals surface area (Å²) in [5.74, 6) is 0. The number of hydrogen-bond acceptors (Lipinski definition) is 3. The molecule has 1 heterocycles. The Balaban J connectivity index is 2.01. The largest absolute Gasteiger partial charge is 0.399 e. The minimum atomic E-state index is -1.16. The number of nitrogens with zero attached hydrogens (tertiary/aromatic N) is 2. The van der Waals surface area contributed by atoms with Gasteiger partial charge < -0.3 is 10.6 Å². The van der Waals surface area contributed by atoms with Gasteiger partial charge >= 0.3 is 0 Å². The number of carbonyl (C=O) groups is 1. The molecule has 0 saturated carbocycles. The Hall–Kier alpha value is -1.40. The summed E-state index contributed by atoms with van der Waals surface area (Å²) in [4.78, 5) is 13.0. The average molecular weight is 253 g/mol. The van der Waals surface area contributed by atoms with Crippen LogP contribution in [0.1, 0.15) is 0 Å². The number of piperazine rings is 1. The molecule has 5 nitrogen and oxygen atoms in total. The third kappa shape index (κ3) is 2.83. The Morgan fingerprint density at radius 3 is 2.24 bits per heavy atom. The van der Waals surface area contributed by atoms with Gasteiger partial charge in [0.15, 0.2) is 0 Å². The number of benzene rings is 1. The highest BCUT2D eigenvalue weighted by Crippen LogP contribution is 2.14. The fourth-order valence-corrected chi connectivity index (χ4v) is 2.87. The van der Waals surface area contributed by atoms with Crippen molar-refractivity contribution in [2.45, 2.75) is 4.90 Å². The molecule has 1 fully saturated rings. The van der Waals surface area contributed by atoms with Gasteiger partial charge in [-0.25, -0.2) is 8.51 Å². The quantitative estimate of drug-likeness (QED) is 0.612. The number of amides is 1. The number of carbonyl (C=O) groups excluding carboxylic acids is 1. The molecule has 1 unspecified atom stereocenters. The smallest absolute Gasteiger partial charge is 0.209 e. The van der Waals surface area contributed by atoms with Crippen molar-refractivity contribution >= 4 is 23.1 Å². The van der Waals surface area contributed by atoms with Crippen LogP contribution in [0.2, 0.25) is 0 Å². The minimum Gasteiger partial charge on any atom is -0.399 e. The first kappa shape index (κ1) is 12.1. The van der Waals surface area contributed by atoms with Gasteiger partial charge in [0, 0.05) is 31.9 Å². The SMILES string of the molecule is Nc1ccc(S(=O)N2CCN(C=O)CC2)cc1. The topological polar surface area (TPSA) is 66.6 Å². The first-order valence-corrected chi connectivity index (χ1v) is 6.53. The van der Waals surface area contributed by atoms with Gasteiger partial charge in [-0.15, -0.1) is 0 Å². The average Bonchev–Trinajstić information content (AvgIpc) is 2.39. The molecule has 92 valence electrons. The van der Waals surface area contributed by atoms with Crippen molar-refractivity contribution < 1.29 is 9.00 Å². The van der Waals surface area contributed by atoms with Crippen LogP contribution in [0.25, 0.3) is 0 Å². The van der Waals surface area contributed by atoms with Crippen LogP contribution >= 0.6 is 0 Å². The molecule has 0 aromatic heterocycles. The molecule has 1 atom stereocenters. The molecule has 0 radical (unpaired) electrons. The Morgan fingerprint density at radius 2 is 1.71 bits per heavy atom. The van der Waals surface area contributed by atoms with Crippen molar-refractivity contribution in [2.24, 2.45) is 0 Å². The van der Waals surface area contributed by atoms with Gasteiger partial charge in [0.05, 0.1) is 4.90 Å². The van der Waals surface area contributed by atoms with E-state index in [1.165, 1.54) is 0 Å². The van der Waals surface area contributed by atoms with Crippen LogP contribution in [0, 0.1) is 0 Å². The van der Waals surface area contributed by atoms with Gasteiger partial charge in [-0.1, -0.05) is 0 Å². The lowest BCUT2D eigenvalue weighted by atomic mass is 10.3. The van der Waals surface area contributed by atoms with E-state index in [4.69, 9.17) is 5.73 Å². The van der Waals surface area contributed by atoms with Crippen LogP contribution < -0.4 is 5.73 Å². The molecule has 2 N–H and O–H groups in total. The highest BCUT2D eigenvalue weighted by Gasteiger charge is 2.20. The van der Waals surface area contributed by atoms with Gasteiger partial charge in [0.25, 0.3) is 0 Å². The summed E-state index contributed by atoms with van der Waals surface area (Å²) < 4.78 is 14.1. The maximum Gasteiger partial charge on any atom is 0.209 e. The number of nitrogens with two attached hydrogens (primary N) is 1. The lowest BCUT2D eigenvalue weighted by molar-refractivity contribution is -0.119. The summed E-state index contributed by atoms with van der Waals surface area (Å²) in [6, 6.07) is 7.04. The van der Waals surface area contributed by atoms with E-state index in [1.54, 1.807) is 29.2 Å². The van der Waals surface area contributed by atoms with Gasteiger partial charge in [0.1, 0.15) is 11.0 Å². The van der Waals surface area contributed by atoms with E-state index in [9.17, 15) is 9.00 Å². The van der Waals surface area contributed by atoms with E-state index < -0.39 is 11.0 Å². The van der Waals surface area contributed by atoms with Gasteiger partial charge in [-0.3, -0.25) is 4.79 Å². The lowest BCUT2D eigenvalue weighted by Gasteiger charge is -2.31. The van der Waals surface area contributed by atoms with Crippen LogP contribution in [0.4, 0.5) is 5.69 Å². The molecule has 0 aliphatic carbocycles. The normalized spacial score (nSPS) is 18.9. The van der Waals surface area contributed by atoms with Crippen LogP contribution in [0.3, 0.4) is 0 Å². The van der Waals surface area contributed by atoms with Crippen LogP contribution in [-0.4, -0.2) is 46.0 Å². The molecule has 2 rings (SSSR count). The monoisotopic (exact) mass is 253 g/mol. The summed E-state index contributed by atoms with van der Waals surface area (Å²) in [6.45, 7) is 2.53. The summed E-state index contributed by atoms with van der Waals surface area (Å²) in [5.41, 5.74) is 6.25. The van der Waals surface area contributed by atoms with Gasteiger partial charge in [-0.05, 0) is 24.3 Å². The number of rotatable bonds is 3. The van der Waals surface area contributed by atoms with Crippen molar-refractivity contribution in [1.82, 2.24) is 9.21 Å². The first-order chi connectivity index (χ1) is 8.20. The number of anilines is 1. The maximum absolute atomic E-state index is 12.2. The summed E-state index contributed by atoms with van der Waals surface area (Å²) in [6.07, 6.45) is 0.837. The number of nitrogen functional groups attached to an aromatic ring is 1. The first-order valence-electron chi connectivity index (χ1n) is 5.42. The lowest BCUT2D eigenvalue weighted by Crippen LogP contribution is -2.46. The zero-order chi connectivity index (χ0) is 12.3. The molecule has 0 spiro atoms. The zero-order valence-corrected chi connectivity index (χ0v) is 10.2. The van der Waals surface area contributed by atoms with E-state index in [0.29, 0.717) is 31.9 Å². The van der Waals surface area contributed by atoms with E-state index >= 15 is 0 Å². The Morgan fingerprint density at radius 1 is 1.12 bits per heavy atom. The molecule has 6 heteroatoms. The molecule has 17 heavy (non-hydrogen) atoms. The van der Waals surface area contributed by atoms with Gasteiger partial charge in [-0.2, -0.15) is 0 Å². The molecule has 1 aliphatic rings. The van der Waals surface area contributed by atoms with Crippen molar-refractivity contribution in [3.05, 3.63) is 24.3 Å². The van der Waals surface area contributed by atoms with E-state index in [0.717, 1.165) is 11.3 Å². The fourth-order valence-electron chi connectivity index (χ4n) is 1.71. The van der Waals surface area contributed by atoms with Crippen molar-refractivity contribution in [3.63, 3.8) is 0 Å². The predicted molar refractivity (Wildman–Crippen MR) is 66.5 cm³/mol. The van der Waals surface area contributed by atoms with Crippen LogP contribution in [0.15, 0.2) is 29.2 Å². The minimum absolute atomic E-state index is 0.629. The standard InChI is InChI=1S/C11H15N3O2S/c12-10-1-3-11(4-2-10)17(16)14-7-5-13(9-15)6-8-14/h1-4,9H,5-8,12H2. The highest BCUT2D eigenvalue weighted by atomic mass is 32.2. The molecule has 1 aliphatic heterocycles. The van der Waals surface area contributed by atoms with Crippen LogP contribution in [0.5, 0.6) is 0 Å². The molecular weight excluding hydrogens is 238 g/mol. The van der Waals surface area contributed by atoms with Gasteiger partial charge in [0.2, 0.25) is 6.41 Å². The summed E-state index contributed by atoms with van der Waals surface area (Å²) >= 11 is 0. The molecule has 1 amide bonds. The molecule has 0 bridgehead atoms. The Kier molecular flexibility index (Phi) is 3.75. The predicted octanol–water partition coefficient (Wildman–Crippen LogP) is 0.0654. The number of hydrogen-bond donors (Lipinski definition) is 1. The Bertz CT molecular complexity index is 413. The molecule has 1 saturated heterocycles. The fraction of sp³-hybridized carbons (Fsp3) is 0.364. The van der Waals surface area contributed by atoms with Crippen molar-refractivity contribution in [2.75, 3.05) is 31.9 Å². The van der Waals surface area contributed by atoms with E-state index in [-0.39, 0.29) is 0 Å². The highest BCUT2D eigenvalue weighted by molar-refractivity contribution is 7.82. The second kappa shape index (κ2) is 5.29. The third-order valence-corrected chi connectivity index (χ3v) is 4.25. The molecule has 1 aromatic rings. The Labute approximate surface area is 103 Å². The van der Waals surface area contributed by atoms with E-state index in [2.05, 4.69) is 0 Å². The van der Waals surface area contributed by atoms with Crippen LogP contribution in [-0.2, 0) is 15.8 Å². The summed E-state index contributed by atoms with van der Waals surface area (Å²) in [7, 11) is -1.16. The van der Waals surface area contributed by atoms with E-state index in [1.807, 2.05) is 4.31 Å². The molecular formula is C11H15N3O2S. The third-order valence-electron chi connectivity index (χ3n) is 2.74. The maximum atomic E-state index is 12.2.